The molecule has 1 saturated heterocycles. The van der Waals surface area contributed by atoms with Crippen molar-refractivity contribution in [2.75, 3.05) is 31.8 Å². The van der Waals surface area contributed by atoms with Crippen molar-refractivity contribution in [3.63, 3.8) is 0 Å². The summed E-state index contributed by atoms with van der Waals surface area (Å²) < 4.78 is 5.13. The second-order valence-corrected chi connectivity index (χ2v) is 8.10. The molecule has 3 amide bonds. The predicted molar refractivity (Wildman–Crippen MR) is 119 cm³/mol. The molecule has 0 atom stereocenters. The minimum Gasteiger partial charge on any atom is -0.497 e. The Labute approximate surface area is 187 Å². The summed E-state index contributed by atoms with van der Waals surface area (Å²) in [6.07, 6.45) is 0. The maximum atomic E-state index is 13.0. The third kappa shape index (κ3) is 4.82. The van der Waals surface area contributed by atoms with Crippen LogP contribution >= 0.6 is 11.6 Å². The van der Waals surface area contributed by atoms with Crippen LogP contribution in [0.25, 0.3) is 0 Å². The van der Waals surface area contributed by atoms with Crippen molar-refractivity contribution in [3.05, 3.63) is 58.6 Å². The standard InChI is InChI=1S/C23H26ClN3O4/c1-15(2)26(23(30)17-8-10-18(31-4)11-9-17)13-21(28)25-12-22(29)27(14-25)20-7-5-6-19(24)16(20)3/h5-11,15H,12-14H2,1-4H3. The number of anilines is 1. The molecule has 0 aliphatic carbocycles. The zero-order chi connectivity index (χ0) is 22.7. The number of halogens is 1. The second-order valence-electron chi connectivity index (χ2n) is 7.69. The molecule has 8 heteroatoms. The SMILES string of the molecule is COc1ccc(C(=O)N(CC(=O)N2CC(=O)N(c3cccc(Cl)c3C)C2)C(C)C)cc1. The maximum absolute atomic E-state index is 13.0. The Morgan fingerprint density at radius 2 is 1.84 bits per heavy atom. The summed E-state index contributed by atoms with van der Waals surface area (Å²) in [5, 5.41) is 0.561. The first-order valence-corrected chi connectivity index (χ1v) is 10.4. The van der Waals surface area contributed by atoms with Crippen LogP contribution in [0.4, 0.5) is 5.69 Å². The highest BCUT2D eigenvalue weighted by molar-refractivity contribution is 6.31. The molecule has 0 spiro atoms. The first-order chi connectivity index (χ1) is 14.7. The predicted octanol–water partition coefficient (Wildman–Crippen LogP) is 3.34. The average molecular weight is 444 g/mol. The van der Waals surface area contributed by atoms with E-state index in [2.05, 4.69) is 0 Å². The molecule has 2 aromatic rings. The van der Waals surface area contributed by atoms with E-state index in [4.69, 9.17) is 16.3 Å². The smallest absolute Gasteiger partial charge is 0.254 e. The second kappa shape index (κ2) is 9.39. The maximum Gasteiger partial charge on any atom is 0.254 e. The van der Waals surface area contributed by atoms with E-state index in [1.165, 1.54) is 9.80 Å². The first kappa shape index (κ1) is 22.6. The van der Waals surface area contributed by atoms with Crippen LogP contribution in [0.1, 0.15) is 29.8 Å². The summed E-state index contributed by atoms with van der Waals surface area (Å²) in [6, 6.07) is 11.9. The van der Waals surface area contributed by atoms with Crippen LogP contribution in [0.3, 0.4) is 0 Å². The third-order valence-corrected chi connectivity index (χ3v) is 5.76. The Hall–Kier alpha value is -3.06. The lowest BCUT2D eigenvalue weighted by Gasteiger charge is -2.28. The van der Waals surface area contributed by atoms with E-state index >= 15 is 0 Å². The quantitative estimate of drug-likeness (QED) is 0.686. The van der Waals surface area contributed by atoms with E-state index < -0.39 is 0 Å². The van der Waals surface area contributed by atoms with Gasteiger partial charge in [-0.1, -0.05) is 17.7 Å². The Morgan fingerprint density at radius 1 is 1.16 bits per heavy atom. The fourth-order valence-electron chi connectivity index (χ4n) is 3.45. The number of hydrogen-bond acceptors (Lipinski definition) is 4. The molecule has 1 fully saturated rings. The van der Waals surface area contributed by atoms with E-state index in [9.17, 15) is 14.4 Å². The highest BCUT2D eigenvalue weighted by atomic mass is 35.5. The summed E-state index contributed by atoms with van der Waals surface area (Å²) in [7, 11) is 1.56. The zero-order valence-corrected chi connectivity index (χ0v) is 18.8. The van der Waals surface area contributed by atoms with Crippen LogP contribution in [-0.2, 0) is 9.59 Å². The average Bonchev–Trinajstić information content (AvgIpc) is 3.14. The van der Waals surface area contributed by atoms with Crippen LogP contribution in [0.2, 0.25) is 5.02 Å². The molecule has 1 aliphatic heterocycles. The summed E-state index contributed by atoms with van der Waals surface area (Å²) >= 11 is 6.18. The Balaban J connectivity index is 1.73. The molecule has 3 rings (SSSR count). The number of carbonyl (C=O) groups is 3. The minimum atomic E-state index is -0.286. The van der Waals surface area contributed by atoms with Gasteiger partial charge < -0.3 is 14.5 Å². The van der Waals surface area contributed by atoms with Crippen LogP contribution < -0.4 is 9.64 Å². The number of benzene rings is 2. The molecule has 31 heavy (non-hydrogen) atoms. The summed E-state index contributed by atoms with van der Waals surface area (Å²) in [5.74, 6) is -0.0721. The normalized spacial score (nSPS) is 13.7. The van der Waals surface area contributed by atoms with Gasteiger partial charge in [0.1, 0.15) is 25.5 Å². The van der Waals surface area contributed by atoms with Crippen LogP contribution in [0.15, 0.2) is 42.5 Å². The van der Waals surface area contributed by atoms with Gasteiger partial charge in [-0.05, 0) is 62.7 Å². The molecule has 0 radical (unpaired) electrons. The van der Waals surface area contributed by atoms with Gasteiger partial charge >= 0.3 is 0 Å². The van der Waals surface area contributed by atoms with Crippen molar-refractivity contribution in [3.8, 4) is 5.75 Å². The molecule has 0 unspecified atom stereocenters. The van der Waals surface area contributed by atoms with Crippen molar-refractivity contribution < 1.29 is 19.1 Å². The zero-order valence-electron chi connectivity index (χ0n) is 18.1. The summed E-state index contributed by atoms with van der Waals surface area (Å²) in [4.78, 5) is 43.1. The third-order valence-electron chi connectivity index (χ3n) is 5.35. The van der Waals surface area contributed by atoms with Crippen LogP contribution in [0.5, 0.6) is 5.75 Å². The molecule has 7 nitrogen and oxygen atoms in total. The molecule has 1 aliphatic rings. The molecule has 2 aromatic carbocycles. The molecule has 1 heterocycles. The topological polar surface area (TPSA) is 70.2 Å². The number of nitrogens with zero attached hydrogens (tertiary/aromatic N) is 3. The van der Waals surface area contributed by atoms with Gasteiger partial charge in [-0.3, -0.25) is 19.3 Å². The Bertz CT molecular complexity index is 991. The molecular weight excluding hydrogens is 418 g/mol. The van der Waals surface area contributed by atoms with Gasteiger partial charge in [0.25, 0.3) is 5.91 Å². The van der Waals surface area contributed by atoms with Crippen molar-refractivity contribution >= 4 is 35.0 Å². The largest absolute Gasteiger partial charge is 0.497 e. The number of amides is 3. The van der Waals surface area contributed by atoms with Gasteiger partial charge in [0.15, 0.2) is 0 Å². The van der Waals surface area contributed by atoms with Gasteiger partial charge in [-0.2, -0.15) is 0 Å². The van der Waals surface area contributed by atoms with Gasteiger partial charge in [0.2, 0.25) is 11.8 Å². The van der Waals surface area contributed by atoms with Crippen molar-refractivity contribution in [2.24, 2.45) is 0 Å². The Morgan fingerprint density at radius 3 is 2.45 bits per heavy atom. The van der Waals surface area contributed by atoms with E-state index in [-0.39, 0.29) is 43.5 Å². The highest BCUT2D eigenvalue weighted by Crippen LogP contribution is 2.28. The lowest BCUT2D eigenvalue weighted by Crippen LogP contribution is -2.45. The van der Waals surface area contributed by atoms with Crippen molar-refractivity contribution in [1.29, 1.82) is 0 Å². The fraction of sp³-hybridized carbons (Fsp3) is 0.348. The Kier molecular flexibility index (Phi) is 6.85. The first-order valence-electron chi connectivity index (χ1n) is 10.0. The molecule has 0 saturated carbocycles. The summed E-state index contributed by atoms with van der Waals surface area (Å²) in [6.45, 7) is 5.52. The number of hydrogen-bond donors (Lipinski definition) is 0. The number of methoxy groups -OCH3 is 1. The van der Waals surface area contributed by atoms with E-state index in [0.29, 0.717) is 22.0 Å². The van der Waals surface area contributed by atoms with Crippen molar-refractivity contribution in [1.82, 2.24) is 9.80 Å². The monoisotopic (exact) mass is 443 g/mol. The molecule has 0 N–H and O–H groups in total. The van der Waals surface area contributed by atoms with E-state index in [1.807, 2.05) is 20.8 Å². The van der Waals surface area contributed by atoms with Gasteiger partial charge in [-0.25, -0.2) is 0 Å². The summed E-state index contributed by atoms with van der Waals surface area (Å²) in [5.41, 5.74) is 1.93. The lowest BCUT2D eigenvalue weighted by molar-refractivity contribution is -0.132. The lowest BCUT2D eigenvalue weighted by atomic mass is 10.1. The minimum absolute atomic E-state index is 0.0343. The van der Waals surface area contributed by atoms with E-state index in [1.54, 1.807) is 54.5 Å². The number of ether oxygens (including phenoxy) is 1. The van der Waals surface area contributed by atoms with Crippen LogP contribution in [-0.4, -0.2) is 60.4 Å². The van der Waals surface area contributed by atoms with Crippen LogP contribution in [0, 0.1) is 6.92 Å². The van der Waals surface area contributed by atoms with Gasteiger partial charge in [0.05, 0.1) is 7.11 Å². The fourth-order valence-corrected chi connectivity index (χ4v) is 3.62. The van der Waals surface area contributed by atoms with Gasteiger partial charge in [-0.15, -0.1) is 0 Å². The number of carbonyl (C=O) groups excluding carboxylic acids is 3. The van der Waals surface area contributed by atoms with Crippen molar-refractivity contribution in [2.45, 2.75) is 26.8 Å². The molecule has 164 valence electrons. The molecule has 0 bridgehead atoms. The van der Waals surface area contributed by atoms with E-state index in [0.717, 1.165) is 5.56 Å². The molecule has 0 aromatic heterocycles. The highest BCUT2D eigenvalue weighted by Gasteiger charge is 2.34. The number of rotatable bonds is 6. The van der Waals surface area contributed by atoms with Gasteiger partial charge in [0, 0.05) is 22.3 Å². The molecular formula is C23H26ClN3O4.